The summed E-state index contributed by atoms with van der Waals surface area (Å²) < 4.78 is 0. The van der Waals surface area contributed by atoms with Gasteiger partial charge < -0.3 is 0 Å². The number of rotatable bonds is 5. The predicted molar refractivity (Wildman–Crippen MR) is 61.1 cm³/mol. The molecule has 0 aliphatic carbocycles. The first-order valence-corrected chi connectivity index (χ1v) is 4.64. The van der Waals surface area contributed by atoms with E-state index in [1.165, 1.54) is 5.57 Å². The van der Waals surface area contributed by atoms with Gasteiger partial charge >= 0.3 is 0 Å². The molecule has 0 aromatic heterocycles. The lowest BCUT2D eigenvalue weighted by Crippen LogP contribution is -1.88. The van der Waals surface area contributed by atoms with E-state index in [2.05, 4.69) is 38.9 Å². The van der Waals surface area contributed by atoms with Gasteiger partial charge in [-0.2, -0.15) is 0 Å². The van der Waals surface area contributed by atoms with E-state index < -0.39 is 0 Å². The highest BCUT2D eigenvalue weighted by Crippen LogP contribution is 2.18. The monoisotopic (exact) mass is 177 g/mol. The van der Waals surface area contributed by atoms with E-state index in [9.17, 15) is 0 Å². The van der Waals surface area contributed by atoms with Gasteiger partial charge in [0.25, 0.3) is 0 Å². The van der Waals surface area contributed by atoms with Crippen LogP contribution in [-0.4, -0.2) is 6.21 Å². The average molecular weight is 177 g/mol. The lowest BCUT2D eigenvalue weighted by molar-refractivity contribution is 0.906. The minimum Gasteiger partial charge on any atom is -0.257 e. The van der Waals surface area contributed by atoms with E-state index in [1.807, 2.05) is 0 Å². The van der Waals surface area contributed by atoms with Crippen LogP contribution < -0.4 is 0 Å². The fraction of sp³-hybridized carbons (Fsp3) is 0.417. The molecule has 0 bridgehead atoms. The molecule has 0 aromatic rings. The molecule has 0 N–H and O–H groups in total. The minimum atomic E-state index is 1.01. The topological polar surface area (TPSA) is 12.4 Å². The van der Waals surface area contributed by atoms with Gasteiger partial charge in [-0.1, -0.05) is 38.2 Å². The lowest BCUT2D eigenvalue weighted by atomic mass is 10.1. The van der Waals surface area contributed by atoms with Crippen molar-refractivity contribution >= 4 is 6.21 Å². The molecule has 1 nitrogen and oxygen atoms in total. The molecule has 0 atom stereocenters. The Morgan fingerprint density at radius 3 is 2.38 bits per heavy atom. The highest BCUT2D eigenvalue weighted by Gasteiger charge is 2.00. The normalized spacial score (nSPS) is 10.1. The van der Waals surface area contributed by atoms with Crippen LogP contribution in [0.2, 0.25) is 0 Å². The van der Waals surface area contributed by atoms with Gasteiger partial charge in [0.2, 0.25) is 0 Å². The van der Waals surface area contributed by atoms with Crippen molar-refractivity contribution < 1.29 is 0 Å². The van der Waals surface area contributed by atoms with Crippen molar-refractivity contribution in [1.29, 1.82) is 0 Å². The molecule has 0 rings (SSSR count). The standard InChI is InChI=1S/C12H19N/c1-6-8-11(5)12(10(3)4)13-9-7-2/h7,9H,2,5-6,8H2,1,3-4H3. The fourth-order valence-electron chi connectivity index (χ4n) is 1.12. The first-order valence-electron chi connectivity index (χ1n) is 4.64. The fourth-order valence-corrected chi connectivity index (χ4v) is 1.12. The first-order chi connectivity index (χ1) is 6.13. The maximum atomic E-state index is 4.30. The number of aliphatic imine (C=N–C) groups is 1. The molecule has 72 valence electrons. The lowest BCUT2D eigenvalue weighted by Gasteiger charge is -2.06. The second-order valence-corrected chi connectivity index (χ2v) is 3.22. The van der Waals surface area contributed by atoms with E-state index >= 15 is 0 Å². The van der Waals surface area contributed by atoms with Gasteiger partial charge in [0.1, 0.15) is 0 Å². The third kappa shape index (κ3) is 4.46. The third-order valence-electron chi connectivity index (χ3n) is 1.67. The predicted octanol–water partition coefficient (Wildman–Crippen LogP) is 3.89. The highest BCUT2D eigenvalue weighted by molar-refractivity contribution is 5.72. The molecule has 0 spiro atoms. The van der Waals surface area contributed by atoms with Gasteiger partial charge in [0.05, 0.1) is 5.70 Å². The Hall–Kier alpha value is -1.11. The Morgan fingerprint density at radius 2 is 2.00 bits per heavy atom. The van der Waals surface area contributed by atoms with Crippen molar-refractivity contribution in [1.82, 2.24) is 0 Å². The molecule has 1 heteroatoms. The van der Waals surface area contributed by atoms with Crippen LogP contribution in [0.25, 0.3) is 0 Å². The molecule has 0 radical (unpaired) electrons. The quantitative estimate of drug-likeness (QED) is 0.446. The van der Waals surface area contributed by atoms with Crippen LogP contribution in [0.4, 0.5) is 0 Å². The Kier molecular flexibility index (Phi) is 5.86. The van der Waals surface area contributed by atoms with Crippen LogP contribution in [0, 0.1) is 0 Å². The zero-order chi connectivity index (χ0) is 10.3. The van der Waals surface area contributed by atoms with E-state index in [0.717, 1.165) is 24.1 Å². The molecule has 0 aliphatic heterocycles. The summed E-state index contributed by atoms with van der Waals surface area (Å²) in [6.45, 7) is 13.9. The Morgan fingerprint density at radius 1 is 1.38 bits per heavy atom. The van der Waals surface area contributed by atoms with Crippen molar-refractivity contribution in [3.63, 3.8) is 0 Å². The number of allylic oxidation sites excluding steroid dienone is 3. The van der Waals surface area contributed by atoms with Gasteiger partial charge in [-0.3, -0.25) is 4.99 Å². The van der Waals surface area contributed by atoms with Crippen molar-refractivity contribution in [2.45, 2.75) is 33.6 Å². The number of nitrogens with zero attached hydrogens (tertiary/aromatic N) is 1. The van der Waals surface area contributed by atoms with E-state index in [-0.39, 0.29) is 0 Å². The molecule has 0 fully saturated rings. The summed E-state index contributed by atoms with van der Waals surface area (Å²) in [6.07, 6.45) is 5.51. The summed E-state index contributed by atoms with van der Waals surface area (Å²) >= 11 is 0. The Labute approximate surface area is 81.6 Å². The summed E-state index contributed by atoms with van der Waals surface area (Å²) in [6, 6.07) is 0. The first kappa shape index (κ1) is 11.9. The van der Waals surface area contributed by atoms with Crippen LogP contribution in [0.5, 0.6) is 0 Å². The van der Waals surface area contributed by atoms with E-state index in [4.69, 9.17) is 0 Å². The van der Waals surface area contributed by atoms with Crippen LogP contribution in [0.15, 0.2) is 41.1 Å². The molecule has 13 heavy (non-hydrogen) atoms. The number of hydrogen-bond donors (Lipinski definition) is 0. The Bertz CT molecular complexity index is 240. The summed E-state index contributed by atoms with van der Waals surface area (Å²) in [5.41, 5.74) is 3.33. The van der Waals surface area contributed by atoms with Crippen molar-refractivity contribution in [3.05, 3.63) is 36.1 Å². The largest absolute Gasteiger partial charge is 0.257 e. The molecule has 0 saturated carbocycles. The highest BCUT2D eigenvalue weighted by atomic mass is 14.7. The van der Waals surface area contributed by atoms with Crippen LogP contribution in [0.1, 0.15) is 33.6 Å². The van der Waals surface area contributed by atoms with Crippen LogP contribution >= 0.6 is 0 Å². The van der Waals surface area contributed by atoms with Crippen LogP contribution in [0.3, 0.4) is 0 Å². The summed E-state index contributed by atoms with van der Waals surface area (Å²) in [5, 5.41) is 0. The molecule has 0 unspecified atom stereocenters. The van der Waals surface area contributed by atoms with E-state index in [1.54, 1.807) is 12.3 Å². The van der Waals surface area contributed by atoms with Crippen LogP contribution in [-0.2, 0) is 0 Å². The number of hydrogen-bond acceptors (Lipinski definition) is 1. The second kappa shape index (κ2) is 6.41. The zero-order valence-electron chi connectivity index (χ0n) is 8.93. The summed E-state index contributed by atoms with van der Waals surface area (Å²) in [4.78, 5) is 4.30. The average Bonchev–Trinajstić information content (AvgIpc) is 2.05. The maximum Gasteiger partial charge on any atom is 0.0642 e. The van der Waals surface area contributed by atoms with Gasteiger partial charge in [-0.25, -0.2) is 0 Å². The molecule has 0 aromatic carbocycles. The van der Waals surface area contributed by atoms with Crippen molar-refractivity contribution in [3.8, 4) is 0 Å². The van der Waals surface area contributed by atoms with Gasteiger partial charge in [0.15, 0.2) is 0 Å². The van der Waals surface area contributed by atoms with E-state index in [0.29, 0.717) is 0 Å². The maximum absolute atomic E-state index is 4.30. The van der Waals surface area contributed by atoms with Crippen molar-refractivity contribution in [2.24, 2.45) is 4.99 Å². The zero-order valence-corrected chi connectivity index (χ0v) is 8.93. The SMILES string of the molecule is C=CC=NC(C(=C)CCC)=C(C)C. The minimum absolute atomic E-state index is 1.01. The Balaban J connectivity index is 4.63. The molecule has 0 saturated heterocycles. The molecule has 0 amide bonds. The molecular formula is C12H19N. The molecular weight excluding hydrogens is 158 g/mol. The second-order valence-electron chi connectivity index (χ2n) is 3.22. The molecule has 0 heterocycles. The van der Waals surface area contributed by atoms with Gasteiger partial charge in [-0.15, -0.1) is 0 Å². The smallest absolute Gasteiger partial charge is 0.0642 e. The molecule has 0 aliphatic rings. The summed E-state index contributed by atoms with van der Waals surface area (Å²) in [7, 11) is 0. The third-order valence-corrected chi connectivity index (χ3v) is 1.67. The van der Waals surface area contributed by atoms with Crippen molar-refractivity contribution in [2.75, 3.05) is 0 Å². The summed E-state index contributed by atoms with van der Waals surface area (Å²) in [5.74, 6) is 0. The van der Waals surface area contributed by atoms with Gasteiger partial charge in [0, 0.05) is 6.21 Å². The van der Waals surface area contributed by atoms with Gasteiger partial charge in [-0.05, 0) is 25.8 Å².